The van der Waals surface area contributed by atoms with Gasteiger partial charge in [0.1, 0.15) is 0 Å². The average Bonchev–Trinajstić information content (AvgIpc) is 2.48. The van der Waals surface area contributed by atoms with Crippen LogP contribution < -0.4 is 5.32 Å². The van der Waals surface area contributed by atoms with Gasteiger partial charge in [-0.05, 0) is 41.5 Å². The molecule has 0 aliphatic carbocycles. The van der Waals surface area contributed by atoms with Gasteiger partial charge in [0.15, 0.2) is 5.11 Å². The minimum Gasteiger partial charge on any atom is -0.366 e. The summed E-state index contributed by atoms with van der Waals surface area (Å²) in [6, 6.07) is 7.97. The zero-order chi connectivity index (χ0) is 13.5. The molecule has 0 saturated carbocycles. The van der Waals surface area contributed by atoms with Gasteiger partial charge in [-0.1, -0.05) is 6.07 Å². The Hall–Kier alpha value is -2.01. The third-order valence-corrected chi connectivity index (χ3v) is 3.18. The molecule has 0 amide bonds. The number of nitrogens with zero attached hydrogens (tertiary/aromatic N) is 3. The molecule has 0 saturated heterocycles. The zero-order valence-electron chi connectivity index (χ0n) is 10.8. The van der Waals surface area contributed by atoms with E-state index in [0.717, 1.165) is 23.8 Å². The predicted molar refractivity (Wildman–Crippen MR) is 79.4 cm³/mol. The van der Waals surface area contributed by atoms with E-state index in [9.17, 15) is 0 Å². The number of hydrogen-bond donors (Lipinski definition) is 1. The SMILES string of the molecule is CNC(=S)N(Cc1ccncc1)Cc1cccnc1. The summed E-state index contributed by atoms with van der Waals surface area (Å²) in [4.78, 5) is 10.3. The molecule has 2 aromatic heterocycles. The Bertz CT molecular complexity index is 474. The van der Waals surface area contributed by atoms with Crippen LogP contribution >= 0.6 is 12.2 Å². The average molecular weight is 272 g/mol. The zero-order valence-corrected chi connectivity index (χ0v) is 11.6. The van der Waals surface area contributed by atoms with Crippen LogP contribution in [0.5, 0.6) is 0 Å². The second-order valence-corrected chi connectivity index (χ2v) is 4.51. The van der Waals surface area contributed by atoms with Crippen LogP contribution in [-0.2, 0) is 13.1 Å². The van der Waals surface area contributed by atoms with Crippen molar-refractivity contribution in [1.82, 2.24) is 20.2 Å². The molecule has 4 nitrogen and oxygen atoms in total. The number of hydrogen-bond acceptors (Lipinski definition) is 3. The van der Waals surface area contributed by atoms with Gasteiger partial charge < -0.3 is 10.2 Å². The Morgan fingerprint density at radius 2 is 1.84 bits per heavy atom. The van der Waals surface area contributed by atoms with Crippen LogP contribution in [-0.4, -0.2) is 27.0 Å². The molecule has 19 heavy (non-hydrogen) atoms. The van der Waals surface area contributed by atoms with Crippen LogP contribution in [0.2, 0.25) is 0 Å². The van der Waals surface area contributed by atoms with Crippen LogP contribution in [0, 0.1) is 0 Å². The summed E-state index contributed by atoms with van der Waals surface area (Å²) in [6.07, 6.45) is 7.21. The Kier molecular flexibility index (Phi) is 4.80. The van der Waals surface area contributed by atoms with Gasteiger partial charge in [0, 0.05) is 44.9 Å². The van der Waals surface area contributed by atoms with Gasteiger partial charge in [-0.15, -0.1) is 0 Å². The van der Waals surface area contributed by atoms with E-state index in [0.29, 0.717) is 0 Å². The van der Waals surface area contributed by atoms with E-state index < -0.39 is 0 Å². The van der Waals surface area contributed by atoms with E-state index in [4.69, 9.17) is 12.2 Å². The molecule has 2 rings (SSSR count). The fraction of sp³-hybridized carbons (Fsp3) is 0.214. The van der Waals surface area contributed by atoms with Gasteiger partial charge in [0.2, 0.25) is 0 Å². The predicted octanol–water partition coefficient (Wildman–Crippen LogP) is 1.98. The molecule has 0 bridgehead atoms. The summed E-state index contributed by atoms with van der Waals surface area (Å²) < 4.78 is 0. The summed E-state index contributed by atoms with van der Waals surface area (Å²) in [6.45, 7) is 1.48. The first-order chi connectivity index (χ1) is 9.29. The van der Waals surface area contributed by atoms with Crippen molar-refractivity contribution in [3.63, 3.8) is 0 Å². The molecule has 0 aliphatic rings. The highest BCUT2D eigenvalue weighted by Crippen LogP contribution is 2.09. The Labute approximate surface area is 118 Å². The highest BCUT2D eigenvalue weighted by Gasteiger charge is 2.09. The normalized spacial score (nSPS) is 9.95. The van der Waals surface area contributed by atoms with Crippen molar-refractivity contribution in [2.75, 3.05) is 7.05 Å². The molecule has 5 heteroatoms. The molecule has 2 aromatic rings. The minimum atomic E-state index is 0.723. The van der Waals surface area contributed by atoms with Gasteiger partial charge in [-0.2, -0.15) is 0 Å². The van der Waals surface area contributed by atoms with E-state index in [1.165, 1.54) is 5.56 Å². The maximum atomic E-state index is 5.35. The summed E-state index contributed by atoms with van der Waals surface area (Å²) in [5.74, 6) is 0. The summed E-state index contributed by atoms with van der Waals surface area (Å²) in [7, 11) is 1.84. The van der Waals surface area contributed by atoms with Gasteiger partial charge in [-0.25, -0.2) is 0 Å². The molecule has 0 aliphatic heterocycles. The molecule has 0 fully saturated rings. The topological polar surface area (TPSA) is 41.0 Å². The van der Waals surface area contributed by atoms with Gasteiger partial charge >= 0.3 is 0 Å². The molecule has 1 N–H and O–H groups in total. The smallest absolute Gasteiger partial charge is 0.169 e. The second-order valence-electron chi connectivity index (χ2n) is 4.13. The van der Waals surface area contributed by atoms with Crippen LogP contribution in [0.3, 0.4) is 0 Å². The first-order valence-corrected chi connectivity index (χ1v) is 6.45. The van der Waals surface area contributed by atoms with E-state index in [2.05, 4.69) is 20.2 Å². The van der Waals surface area contributed by atoms with Crippen LogP contribution in [0.4, 0.5) is 0 Å². The Morgan fingerprint density at radius 1 is 1.11 bits per heavy atom. The van der Waals surface area contributed by atoms with Crippen molar-refractivity contribution in [2.24, 2.45) is 0 Å². The summed E-state index contributed by atoms with van der Waals surface area (Å²) in [5, 5.41) is 3.75. The molecule has 2 heterocycles. The van der Waals surface area contributed by atoms with E-state index >= 15 is 0 Å². The lowest BCUT2D eigenvalue weighted by molar-refractivity contribution is 0.402. The lowest BCUT2D eigenvalue weighted by Gasteiger charge is -2.25. The largest absolute Gasteiger partial charge is 0.366 e. The number of aromatic nitrogens is 2. The number of nitrogens with one attached hydrogen (secondary N) is 1. The summed E-state index contributed by atoms with van der Waals surface area (Å²) in [5.41, 5.74) is 2.31. The van der Waals surface area contributed by atoms with E-state index in [1.807, 2.05) is 37.5 Å². The maximum Gasteiger partial charge on any atom is 0.169 e. The van der Waals surface area contributed by atoms with Crippen molar-refractivity contribution < 1.29 is 0 Å². The second kappa shape index (κ2) is 6.80. The lowest BCUT2D eigenvalue weighted by atomic mass is 10.2. The standard InChI is InChI=1S/C14H16N4S/c1-15-14(19)18(10-12-4-7-16-8-5-12)11-13-3-2-6-17-9-13/h2-9H,10-11H2,1H3,(H,15,19). The highest BCUT2D eigenvalue weighted by molar-refractivity contribution is 7.80. The van der Waals surface area contributed by atoms with Crippen molar-refractivity contribution in [2.45, 2.75) is 13.1 Å². The molecule has 0 spiro atoms. The van der Waals surface area contributed by atoms with Crippen molar-refractivity contribution >= 4 is 17.3 Å². The molecule has 0 radical (unpaired) electrons. The van der Waals surface area contributed by atoms with Crippen LogP contribution in [0.15, 0.2) is 49.1 Å². The van der Waals surface area contributed by atoms with Crippen molar-refractivity contribution in [1.29, 1.82) is 0 Å². The number of thiocarbonyl (C=S) groups is 1. The third kappa shape index (κ3) is 3.99. The molecular formula is C14H16N4S. The molecule has 0 atom stereocenters. The van der Waals surface area contributed by atoms with Crippen molar-refractivity contribution in [3.8, 4) is 0 Å². The minimum absolute atomic E-state index is 0.723. The Balaban J connectivity index is 2.10. The third-order valence-electron chi connectivity index (χ3n) is 2.72. The molecular weight excluding hydrogens is 256 g/mol. The molecule has 98 valence electrons. The first-order valence-electron chi connectivity index (χ1n) is 6.04. The van der Waals surface area contributed by atoms with Crippen LogP contribution in [0.1, 0.15) is 11.1 Å². The van der Waals surface area contributed by atoms with Crippen molar-refractivity contribution in [3.05, 3.63) is 60.2 Å². The number of pyridine rings is 2. The first kappa shape index (κ1) is 13.4. The van der Waals surface area contributed by atoms with E-state index in [1.54, 1.807) is 18.6 Å². The van der Waals surface area contributed by atoms with Gasteiger partial charge in [-0.3, -0.25) is 9.97 Å². The van der Waals surface area contributed by atoms with E-state index in [-0.39, 0.29) is 0 Å². The molecule has 0 unspecified atom stereocenters. The number of rotatable bonds is 4. The molecule has 0 aromatic carbocycles. The summed E-state index contributed by atoms with van der Waals surface area (Å²) >= 11 is 5.35. The fourth-order valence-electron chi connectivity index (χ4n) is 1.78. The highest BCUT2D eigenvalue weighted by atomic mass is 32.1. The monoisotopic (exact) mass is 272 g/mol. The van der Waals surface area contributed by atoms with Gasteiger partial charge in [0.25, 0.3) is 0 Å². The fourth-order valence-corrected chi connectivity index (χ4v) is 1.91. The maximum absolute atomic E-state index is 5.35. The van der Waals surface area contributed by atoms with Gasteiger partial charge in [0.05, 0.1) is 0 Å². The quantitative estimate of drug-likeness (QED) is 0.862. The lowest BCUT2D eigenvalue weighted by Crippen LogP contribution is -2.36. The van der Waals surface area contributed by atoms with Crippen LogP contribution in [0.25, 0.3) is 0 Å². The Morgan fingerprint density at radius 3 is 2.47 bits per heavy atom.